The number of hydrogen-bond acceptors (Lipinski definition) is 4. The fraction of sp³-hybridized carbons (Fsp3) is 0.455. The highest BCUT2D eigenvalue weighted by Gasteiger charge is 2.54. The van der Waals surface area contributed by atoms with Crippen molar-refractivity contribution in [3.63, 3.8) is 0 Å². The number of carbonyl (C=O) groups is 1. The number of aliphatic hydroxyl groups is 1. The molecule has 3 unspecified atom stereocenters. The molecule has 0 spiro atoms. The van der Waals surface area contributed by atoms with Crippen LogP contribution >= 0.6 is 0 Å². The van der Waals surface area contributed by atoms with Gasteiger partial charge in [-0.15, -0.1) is 0 Å². The van der Waals surface area contributed by atoms with E-state index in [1.54, 1.807) is 0 Å². The number of methoxy groups -OCH3 is 1. The van der Waals surface area contributed by atoms with Gasteiger partial charge in [0.05, 0.1) is 12.0 Å². The van der Waals surface area contributed by atoms with Gasteiger partial charge in [-0.05, 0) is 6.07 Å². The summed E-state index contributed by atoms with van der Waals surface area (Å²) < 4.78 is 42.5. The first-order valence-corrected chi connectivity index (χ1v) is 5.14. The molecule has 0 saturated heterocycles. The second-order valence-electron chi connectivity index (χ2n) is 3.97. The summed E-state index contributed by atoms with van der Waals surface area (Å²) in [6.07, 6.45) is -7.32. The first-order valence-electron chi connectivity index (χ1n) is 5.14. The van der Waals surface area contributed by atoms with Crippen LogP contribution in [0.3, 0.4) is 0 Å². The predicted octanol–water partition coefficient (Wildman–Crippen LogP) is 1.50. The molecule has 1 aromatic rings. The maximum atomic E-state index is 12.7. The zero-order chi connectivity index (χ0) is 13.5. The second kappa shape index (κ2) is 4.33. The number of hydrogen-bond donors (Lipinski definition) is 1. The Balaban J connectivity index is 2.41. The Morgan fingerprint density at radius 2 is 2.17 bits per heavy atom. The summed E-state index contributed by atoms with van der Waals surface area (Å²) in [5, 5.41) is 9.84. The van der Waals surface area contributed by atoms with E-state index in [4.69, 9.17) is 0 Å². The lowest BCUT2D eigenvalue weighted by Gasteiger charge is -2.25. The third kappa shape index (κ3) is 1.89. The highest BCUT2D eigenvalue weighted by molar-refractivity contribution is 6.01. The maximum Gasteiger partial charge on any atom is 0.415 e. The first-order chi connectivity index (χ1) is 8.38. The average molecular weight is 261 g/mol. The van der Waals surface area contributed by atoms with Gasteiger partial charge in [0.15, 0.2) is 11.9 Å². The van der Waals surface area contributed by atoms with E-state index in [1.165, 1.54) is 18.3 Å². The first kappa shape index (κ1) is 13.0. The van der Waals surface area contributed by atoms with Crippen LogP contribution in [0.5, 0.6) is 0 Å². The van der Waals surface area contributed by atoms with Gasteiger partial charge in [0.2, 0.25) is 0 Å². The number of Topliss-reactive ketones (excluding diaryl/α,β-unsaturated/α-hetero) is 1. The predicted molar refractivity (Wildman–Crippen MR) is 53.9 cm³/mol. The van der Waals surface area contributed by atoms with Crippen molar-refractivity contribution >= 4 is 5.78 Å². The summed E-state index contributed by atoms with van der Waals surface area (Å²) in [4.78, 5) is 15.6. The molecule has 18 heavy (non-hydrogen) atoms. The number of ether oxygens (including phenoxy) is 1. The molecule has 2 rings (SSSR count). The molecule has 7 heteroatoms. The van der Waals surface area contributed by atoms with Gasteiger partial charge in [-0.1, -0.05) is 6.07 Å². The summed E-state index contributed by atoms with van der Waals surface area (Å²) in [6.45, 7) is 0. The third-order valence-corrected chi connectivity index (χ3v) is 2.94. The average Bonchev–Trinajstić information content (AvgIpc) is 2.54. The minimum Gasteiger partial charge on any atom is -0.387 e. The zero-order valence-corrected chi connectivity index (χ0v) is 9.31. The van der Waals surface area contributed by atoms with Crippen LogP contribution < -0.4 is 0 Å². The number of rotatable bonds is 2. The minimum atomic E-state index is -4.72. The molecular formula is C11H10F3NO3. The van der Waals surface area contributed by atoms with E-state index in [-0.39, 0.29) is 11.3 Å². The molecule has 0 fully saturated rings. The highest BCUT2D eigenvalue weighted by atomic mass is 19.4. The SMILES string of the molecule is COC(C1C(=O)c2ncccc2C1O)C(F)(F)F. The molecule has 1 heterocycles. The molecule has 0 radical (unpaired) electrons. The molecule has 1 aliphatic rings. The Hall–Kier alpha value is -1.47. The van der Waals surface area contributed by atoms with Crippen molar-refractivity contribution in [3.05, 3.63) is 29.6 Å². The van der Waals surface area contributed by atoms with E-state index in [2.05, 4.69) is 9.72 Å². The quantitative estimate of drug-likeness (QED) is 0.876. The van der Waals surface area contributed by atoms with Crippen LogP contribution in [0.2, 0.25) is 0 Å². The zero-order valence-electron chi connectivity index (χ0n) is 9.31. The number of nitrogens with zero attached hydrogens (tertiary/aromatic N) is 1. The smallest absolute Gasteiger partial charge is 0.387 e. The van der Waals surface area contributed by atoms with E-state index >= 15 is 0 Å². The van der Waals surface area contributed by atoms with E-state index in [0.29, 0.717) is 0 Å². The standard InChI is InChI=1S/C11H10F3NO3/c1-18-10(11(12,13)14)6-8(16)5-3-2-4-15-7(5)9(6)17/h2-4,6,8,10,16H,1H3. The minimum absolute atomic E-state index is 0.110. The molecule has 1 N–H and O–H groups in total. The van der Waals surface area contributed by atoms with Gasteiger partial charge < -0.3 is 9.84 Å². The summed E-state index contributed by atoms with van der Waals surface area (Å²) in [5.41, 5.74) is -0.0138. The van der Waals surface area contributed by atoms with Crippen molar-refractivity contribution in [2.75, 3.05) is 7.11 Å². The van der Waals surface area contributed by atoms with E-state index in [1.807, 2.05) is 0 Å². The van der Waals surface area contributed by atoms with Gasteiger partial charge in [-0.2, -0.15) is 13.2 Å². The van der Waals surface area contributed by atoms with Crippen LogP contribution in [0.4, 0.5) is 13.2 Å². The van der Waals surface area contributed by atoms with Gasteiger partial charge in [-0.3, -0.25) is 9.78 Å². The Kier molecular flexibility index (Phi) is 3.12. The lowest BCUT2D eigenvalue weighted by molar-refractivity contribution is -0.230. The van der Waals surface area contributed by atoms with Gasteiger partial charge in [-0.25, -0.2) is 0 Å². The molecule has 0 aromatic carbocycles. The van der Waals surface area contributed by atoms with Gasteiger partial charge in [0, 0.05) is 18.9 Å². The fourth-order valence-corrected chi connectivity index (χ4v) is 2.14. The molecule has 0 bridgehead atoms. The number of alkyl halides is 3. The van der Waals surface area contributed by atoms with Gasteiger partial charge in [0.25, 0.3) is 0 Å². The van der Waals surface area contributed by atoms with Crippen LogP contribution in [0, 0.1) is 5.92 Å². The molecule has 1 aromatic heterocycles. The van der Waals surface area contributed by atoms with Crippen LogP contribution in [0.25, 0.3) is 0 Å². The largest absolute Gasteiger partial charge is 0.415 e. The molecule has 0 aliphatic heterocycles. The number of pyridine rings is 1. The second-order valence-corrected chi connectivity index (χ2v) is 3.97. The fourth-order valence-electron chi connectivity index (χ4n) is 2.14. The Morgan fingerprint density at radius 1 is 1.50 bits per heavy atom. The molecule has 98 valence electrons. The van der Waals surface area contributed by atoms with E-state index in [9.17, 15) is 23.1 Å². The highest BCUT2D eigenvalue weighted by Crippen LogP contribution is 2.42. The number of halogens is 3. The van der Waals surface area contributed by atoms with Gasteiger partial charge >= 0.3 is 6.18 Å². The number of aliphatic hydroxyl groups excluding tert-OH is 1. The van der Waals surface area contributed by atoms with Crippen molar-refractivity contribution in [1.82, 2.24) is 4.98 Å². The van der Waals surface area contributed by atoms with Crippen molar-refractivity contribution < 1.29 is 27.8 Å². The topological polar surface area (TPSA) is 59.4 Å². The Labute approximate surface area is 100 Å². The van der Waals surface area contributed by atoms with Crippen molar-refractivity contribution in [3.8, 4) is 0 Å². The lowest BCUT2D eigenvalue weighted by Crippen LogP contribution is -2.42. The van der Waals surface area contributed by atoms with Crippen molar-refractivity contribution in [2.24, 2.45) is 5.92 Å². The van der Waals surface area contributed by atoms with Crippen LogP contribution in [-0.4, -0.2) is 35.3 Å². The Bertz CT molecular complexity index is 475. The number of carbonyl (C=O) groups excluding carboxylic acids is 1. The van der Waals surface area contributed by atoms with Crippen LogP contribution in [0.1, 0.15) is 22.2 Å². The van der Waals surface area contributed by atoms with Crippen molar-refractivity contribution in [1.29, 1.82) is 0 Å². The third-order valence-electron chi connectivity index (χ3n) is 2.94. The van der Waals surface area contributed by atoms with Gasteiger partial charge in [0.1, 0.15) is 5.69 Å². The van der Waals surface area contributed by atoms with Crippen molar-refractivity contribution in [2.45, 2.75) is 18.4 Å². The number of fused-ring (bicyclic) bond motifs is 1. The summed E-state index contributed by atoms with van der Waals surface area (Å²) in [5.74, 6) is -2.54. The Morgan fingerprint density at radius 3 is 2.67 bits per heavy atom. The normalized spacial score (nSPS) is 25.1. The summed E-state index contributed by atoms with van der Waals surface area (Å²) >= 11 is 0. The molecule has 0 amide bonds. The van der Waals surface area contributed by atoms with Crippen LogP contribution in [0.15, 0.2) is 18.3 Å². The van der Waals surface area contributed by atoms with E-state index < -0.39 is 30.1 Å². The molecule has 4 nitrogen and oxygen atoms in total. The summed E-state index contributed by atoms with van der Waals surface area (Å²) in [6, 6.07) is 2.83. The monoisotopic (exact) mass is 261 g/mol. The van der Waals surface area contributed by atoms with E-state index in [0.717, 1.165) is 7.11 Å². The van der Waals surface area contributed by atoms with Crippen LogP contribution in [-0.2, 0) is 4.74 Å². The molecule has 0 saturated carbocycles. The maximum absolute atomic E-state index is 12.7. The summed E-state index contributed by atoms with van der Waals surface area (Å²) in [7, 11) is 0.856. The number of aromatic nitrogens is 1. The lowest BCUT2D eigenvalue weighted by atomic mass is 9.95. The molecular weight excluding hydrogens is 251 g/mol. The molecule has 1 aliphatic carbocycles. The number of ketones is 1. The molecule has 3 atom stereocenters.